The van der Waals surface area contributed by atoms with Crippen molar-refractivity contribution in [3.05, 3.63) is 46.9 Å². The second-order valence-electron chi connectivity index (χ2n) is 3.40. The van der Waals surface area contributed by atoms with Gasteiger partial charge in [0.15, 0.2) is 0 Å². The van der Waals surface area contributed by atoms with Crippen LogP contribution in [0, 0.1) is 5.82 Å². The van der Waals surface area contributed by atoms with Crippen LogP contribution >= 0.6 is 15.9 Å². The highest BCUT2D eigenvalue weighted by Crippen LogP contribution is 2.24. The summed E-state index contributed by atoms with van der Waals surface area (Å²) in [7, 11) is 0. The first-order valence-corrected chi connectivity index (χ1v) is 6.01. The standard InChI is InChI=1S/C12H11BrFN3/c1-2-17(11-6-4-3-5-10(11)14)12-15-7-9(13)8-16-12/h3-8H,2H2,1H3. The third-order valence-corrected chi connectivity index (χ3v) is 2.72. The Hall–Kier alpha value is -1.49. The smallest absolute Gasteiger partial charge is 0.229 e. The quantitative estimate of drug-likeness (QED) is 0.867. The van der Waals surface area contributed by atoms with Crippen LogP contribution in [0.15, 0.2) is 41.1 Å². The molecule has 17 heavy (non-hydrogen) atoms. The Morgan fingerprint density at radius 1 is 1.24 bits per heavy atom. The van der Waals surface area contributed by atoms with E-state index in [0.717, 1.165) is 4.47 Å². The number of rotatable bonds is 3. The maximum Gasteiger partial charge on any atom is 0.229 e. The van der Waals surface area contributed by atoms with Crippen molar-refractivity contribution >= 4 is 27.6 Å². The fraction of sp³-hybridized carbons (Fsp3) is 0.167. The molecule has 0 radical (unpaired) electrons. The first-order chi connectivity index (χ1) is 8.22. The van der Waals surface area contributed by atoms with E-state index in [0.29, 0.717) is 18.2 Å². The number of hydrogen-bond acceptors (Lipinski definition) is 3. The van der Waals surface area contributed by atoms with Crippen molar-refractivity contribution in [1.29, 1.82) is 0 Å². The Labute approximate surface area is 107 Å². The minimum absolute atomic E-state index is 0.277. The van der Waals surface area contributed by atoms with Crippen molar-refractivity contribution < 1.29 is 4.39 Å². The molecular formula is C12H11BrFN3. The normalized spacial score (nSPS) is 10.3. The van der Waals surface area contributed by atoms with Crippen molar-refractivity contribution in [2.75, 3.05) is 11.4 Å². The summed E-state index contributed by atoms with van der Waals surface area (Å²) in [5.41, 5.74) is 0.484. The molecule has 88 valence electrons. The van der Waals surface area contributed by atoms with Gasteiger partial charge in [-0.2, -0.15) is 0 Å². The van der Waals surface area contributed by atoms with Gasteiger partial charge in [0, 0.05) is 18.9 Å². The van der Waals surface area contributed by atoms with Crippen molar-refractivity contribution in [1.82, 2.24) is 9.97 Å². The molecule has 0 bridgehead atoms. The molecule has 0 fully saturated rings. The summed E-state index contributed by atoms with van der Waals surface area (Å²) < 4.78 is 14.5. The highest BCUT2D eigenvalue weighted by molar-refractivity contribution is 9.10. The lowest BCUT2D eigenvalue weighted by Crippen LogP contribution is -2.19. The van der Waals surface area contributed by atoms with E-state index >= 15 is 0 Å². The zero-order valence-electron chi connectivity index (χ0n) is 9.27. The summed E-state index contributed by atoms with van der Waals surface area (Å²) >= 11 is 3.27. The summed E-state index contributed by atoms with van der Waals surface area (Å²) in [6, 6.07) is 6.59. The van der Waals surface area contributed by atoms with Crippen LogP contribution in [0.3, 0.4) is 0 Å². The average Bonchev–Trinajstić information content (AvgIpc) is 2.35. The average molecular weight is 296 g/mol. The van der Waals surface area contributed by atoms with Gasteiger partial charge in [0.25, 0.3) is 0 Å². The van der Waals surface area contributed by atoms with Crippen LogP contribution in [0.1, 0.15) is 6.92 Å². The van der Waals surface area contributed by atoms with E-state index in [1.54, 1.807) is 35.5 Å². The molecule has 0 amide bonds. The van der Waals surface area contributed by atoms with E-state index in [4.69, 9.17) is 0 Å². The van der Waals surface area contributed by atoms with Gasteiger partial charge in [-0.05, 0) is 35.0 Å². The van der Waals surface area contributed by atoms with Gasteiger partial charge in [0.05, 0.1) is 10.2 Å². The molecule has 1 aromatic carbocycles. The topological polar surface area (TPSA) is 29.0 Å². The lowest BCUT2D eigenvalue weighted by Gasteiger charge is -2.21. The molecule has 0 N–H and O–H groups in total. The number of hydrogen-bond donors (Lipinski definition) is 0. The summed E-state index contributed by atoms with van der Waals surface area (Å²) in [6.07, 6.45) is 3.29. The molecule has 0 saturated carbocycles. The molecule has 3 nitrogen and oxygen atoms in total. The van der Waals surface area contributed by atoms with Crippen LogP contribution in [0.25, 0.3) is 0 Å². The third kappa shape index (κ3) is 2.61. The number of aromatic nitrogens is 2. The molecule has 2 aromatic rings. The molecule has 0 saturated heterocycles. The lowest BCUT2D eigenvalue weighted by molar-refractivity contribution is 0.624. The summed E-state index contributed by atoms with van der Waals surface area (Å²) in [5.74, 6) is 0.210. The zero-order valence-corrected chi connectivity index (χ0v) is 10.9. The van der Waals surface area contributed by atoms with E-state index in [9.17, 15) is 4.39 Å². The van der Waals surface area contributed by atoms with E-state index in [-0.39, 0.29) is 5.82 Å². The number of anilines is 2. The van der Waals surface area contributed by atoms with Gasteiger partial charge in [0.1, 0.15) is 5.82 Å². The van der Waals surface area contributed by atoms with E-state index < -0.39 is 0 Å². The molecule has 5 heteroatoms. The third-order valence-electron chi connectivity index (χ3n) is 2.31. The van der Waals surface area contributed by atoms with Crippen LogP contribution in [0.5, 0.6) is 0 Å². The van der Waals surface area contributed by atoms with Crippen LogP contribution in [-0.2, 0) is 0 Å². The predicted molar refractivity (Wildman–Crippen MR) is 68.8 cm³/mol. The maximum absolute atomic E-state index is 13.7. The minimum Gasteiger partial charge on any atom is -0.308 e. The predicted octanol–water partition coefficient (Wildman–Crippen LogP) is 3.54. The Morgan fingerprint density at radius 3 is 2.47 bits per heavy atom. The second kappa shape index (κ2) is 5.23. The number of halogens is 2. The van der Waals surface area contributed by atoms with E-state index in [2.05, 4.69) is 25.9 Å². The minimum atomic E-state index is -0.277. The van der Waals surface area contributed by atoms with Crippen LogP contribution in [0.4, 0.5) is 16.0 Å². The van der Waals surface area contributed by atoms with Gasteiger partial charge in [-0.15, -0.1) is 0 Å². The van der Waals surface area contributed by atoms with Gasteiger partial charge >= 0.3 is 0 Å². The summed E-state index contributed by atoms with van der Waals surface area (Å²) in [4.78, 5) is 10.1. The van der Waals surface area contributed by atoms with Crippen molar-refractivity contribution in [3.8, 4) is 0 Å². The van der Waals surface area contributed by atoms with Gasteiger partial charge in [-0.25, -0.2) is 14.4 Å². The molecular weight excluding hydrogens is 285 g/mol. The summed E-state index contributed by atoms with van der Waals surface area (Å²) in [5, 5.41) is 0. The molecule has 0 atom stereocenters. The molecule has 1 heterocycles. The monoisotopic (exact) mass is 295 g/mol. The number of para-hydroxylation sites is 1. The molecule has 1 aromatic heterocycles. The summed E-state index contributed by atoms with van der Waals surface area (Å²) in [6.45, 7) is 2.53. The Kier molecular flexibility index (Phi) is 3.68. The van der Waals surface area contributed by atoms with Crippen molar-refractivity contribution in [2.24, 2.45) is 0 Å². The van der Waals surface area contributed by atoms with E-state index in [1.807, 2.05) is 6.92 Å². The highest BCUT2D eigenvalue weighted by Gasteiger charge is 2.13. The first kappa shape index (κ1) is 12.0. The zero-order chi connectivity index (χ0) is 12.3. The van der Waals surface area contributed by atoms with Gasteiger partial charge in [-0.1, -0.05) is 12.1 Å². The Bertz CT molecular complexity index is 501. The fourth-order valence-electron chi connectivity index (χ4n) is 1.53. The molecule has 0 unspecified atom stereocenters. The van der Waals surface area contributed by atoms with Gasteiger partial charge in [0.2, 0.25) is 5.95 Å². The molecule has 0 aliphatic rings. The van der Waals surface area contributed by atoms with E-state index in [1.165, 1.54) is 6.07 Å². The maximum atomic E-state index is 13.7. The molecule has 0 aliphatic heterocycles. The highest BCUT2D eigenvalue weighted by atomic mass is 79.9. The van der Waals surface area contributed by atoms with Gasteiger partial charge in [-0.3, -0.25) is 0 Å². The first-order valence-electron chi connectivity index (χ1n) is 5.22. The lowest BCUT2D eigenvalue weighted by atomic mass is 10.3. The van der Waals surface area contributed by atoms with Crippen LogP contribution < -0.4 is 4.90 Å². The number of nitrogens with zero attached hydrogens (tertiary/aromatic N) is 3. The fourth-order valence-corrected chi connectivity index (χ4v) is 1.74. The van der Waals surface area contributed by atoms with Crippen LogP contribution in [-0.4, -0.2) is 16.5 Å². The second-order valence-corrected chi connectivity index (χ2v) is 4.31. The van der Waals surface area contributed by atoms with Crippen molar-refractivity contribution in [3.63, 3.8) is 0 Å². The van der Waals surface area contributed by atoms with Crippen LogP contribution in [0.2, 0.25) is 0 Å². The SMILES string of the molecule is CCN(c1ncc(Br)cn1)c1ccccc1F. The molecule has 0 spiro atoms. The number of benzene rings is 1. The Balaban J connectivity index is 2.40. The largest absolute Gasteiger partial charge is 0.308 e. The molecule has 2 rings (SSSR count). The molecule has 0 aliphatic carbocycles. The van der Waals surface area contributed by atoms with Gasteiger partial charge < -0.3 is 4.90 Å². The Morgan fingerprint density at radius 2 is 1.88 bits per heavy atom. The van der Waals surface area contributed by atoms with Crippen molar-refractivity contribution in [2.45, 2.75) is 6.92 Å².